The highest BCUT2D eigenvalue weighted by Gasteiger charge is 2.13. The Bertz CT molecular complexity index is 875. The highest BCUT2D eigenvalue weighted by Crippen LogP contribution is 2.19. The quantitative estimate of drug-likeness (QED) is 0.727. The average Bonchev–Trinajstić information content (AvgIpc) is 2.81. The zero-order valence-electron chi connectivity index (χ0n) is 12.7. The fourth-order valence-corrected chi connectivity index (χ4v) is 3.14. The van der Waals surface area contributed by atoms with Crippen molar-refractivity contribution in [2.45, 2.75) is 13.5 Å². The van der Waals surface area contributed by atoms with Gasteiger partial charge in [-0.25, -0.2) is 4.79 Å². The molecule has 0 N–H and O–H groups in total. The van der Waals surface area contributed by atoms with Crippen molar-refractivity contribution in [3.63, 3.8) is 0 Å². The van der Waals surface area contributed by atoms with Gasteiger partial charge in [-0.05, 0) is 36.3 Å². The maximum atomic E-state index is 12.9. The summed E-state index contributed by atoms with van der Waals surface area (Å²) in [5.74, 6) is 0. The van der Waals surface area contributed by atoms with Crippen LogP contribution in [0.1, 0.15) is 12.5 Å². The van der Waals surface area contributed by atoms with Crippen LogP contribution in [0.2, 0.25) is 0 Å². The molecule has 0 saturated heterocycles. The third-order valence-electron chi connectivity index (χ3n) is 3.66. The summed E-state index contributed by atoms with van der Waals surface area (Å²) in [6, 6.07) is 18.0. The van der Waals surface area contributed by atoms with Crippen molar-refractivity contribution < 1.29 is 0 Å². The number of rotatable bonds is 4. The highest BCUT2D eigenvalue weighted by molar-refractivity contribution is 8.01. The smallest absolute Gasteiger partial charge is 0.287 e. The van der Waals surface area contributed by atoms with Crippen molar-refractivity contribution in [3.8, 4) is 0 Å². The second-order valence-electron chi connectivity index (χ2n) is 5.17. The number of nitrogens with zero attached hydrogens (tertiary/aromatic N) is 2. The Morgan fingerprint density at radius 3 is 2.36 bits per heavy atom. The summed E-state index contributed by atoms with van der Waals surface area (Å²) in [4.78, 5) is 12.9. The molecule has 2 aromatic carbocycles. The van der Waals surface area contributed by atoms with Gasteiger partial charge in [0.15, 0.2) is 0 Å². The molecule has 0 radical (unpaired) electrons. The molecule has 3 aromatic rings. The number of fused-ring (bicyclic) bond motifs is 1. The predicted octanol–water partition coefficient (Wildman–Crippen LogP) is 4.03. The van der Waals surface area contributed by atoms with E-state index in [-0.39, 0.29) is 5.69 Å². The Morgan fingerprint density at radius 1 is 1.05 bits per heavy atom. The van der Waals surface area contributed by atoms with Crippen LogP contribution in [0.15, 0.2) is 64.8 Å². The van der Waals surface area contributed by atoms with E-state index in [9.17, 15) is 4.79 Å². The summed E-state index contributed by atoms with van der Waals surface area (Å²) in [6.07, 6.45) is 2.00. The first-order chi connectivity index (χ1) is 10.7. The van der Waals surface area contributed by atoms with Crippen molar-refractivity contribution >= 4 is 28.5 Å². The second-order valence-corrected chi connectivity index (χ2v) is 5.88. The maximum Gasteiger partial charge on any atom is 0.333 e. The van der Waals surface area contributed by atoms with Gasteiger partial charge in [0.1, 0.15) is 0 Å². The third-order valence-corrected chi connectivity index (χ3v) is 4.24. The van der Waals surface area contributed by atoms with Gasteiger partial charge in [-0.2, -0.15) is 0 Å². The average molecular weight is 310 g/mol. The summed E-state index contributed by atoms with van der Waals surface area (Å²) < 4.78 is 3.62. The lowest BCUT2D eigenvalue weighted by atomic mass is 10.2. The summed E-state index contributed by atoms with van der Waals surface area (Å²) >= 11 is 1.60. The molecule has 0 bridgehead atoms. The van der Waals surface area contributed by atoms with Gasteiger partial charge in [0.2, 0.25) is 0 Å². The van der Waals surface area contributed by atoms with Crippen LogP contribution in [0.3, 0.4) is 0 Å². The Labute approximate surface area is 133 Å². The van der Waals surface area contributed by atoms with E-state index in [0.717, 1.165) is 22.3 Å². The van der Waals surface area contributed by atoms with Gasteiger partial charge < -0.3 is 0 Å². The fourth-order valence-electron chi connectivity index (χ4n) is 2.69. The monoisotopic (exact) mass is 310 g/mol. The number of hydrogen-bond acceptors (Lipinski definition) is 2. The Hall–Kier alpha value is -2.20. The first-order valence-corrected chi connectivity index (χ1v) is 8.45. The third kappa shape index (κ3) is 2.62. The molecule has 1 aromatic heterocycles. The molecule has 0 amide bonds. The van der Waals surface area contributed by atoms with Crippen molar-refractivity contribution in [3.05, 3.63) is 76.1 Å². The lowest BCUT2D eigenvalue weighted by molar-refractivity contribution is 0.766. The SMILES string of the molecule is CS/C=C(\C)n1c(=O)n(Cc2ccccc2)c2ccccc21. The van der Waals surface area contributed by atoms with E-state index in [1.807, 2.05) is 77.8 Å². The first-order valence-electron chi connectivity index (χ1n) is 7.16. The Morgan fingerprint density at radius 2 is 1.68 bits per heavy atom. The molecule has 1 heterocycles. The van der Waals surface area contributed by atoms with E-state index in [0.29, 0.717) is 6.54 Å². The molecule has 0 aliphatic heterocycles. The van der Waals surface area contributed by atoms with E-state index >= 15 is 0 Å². The molecule has 112 valence electrons. The van der Waals surface area contributed by atoms with Crippen LogP contribution in [0, 0.1) is 0 Å². The van der Waals surface area contributed by atoms with E-state index in [1.165, 1.54) is 0 Å². The summed E-state index contributed by atoms with van der Waals surface area (Å²) in [5, 5.41) is 2.00. The lowest BCUT2D eigenvalue weighted by Crippen LogP contribution is -2.23. The van der Waals surface area contributed by atoms with Gasteiger partial charge in [0.25, 0.3) is 0 Å². The van der Waals surface area contributed by atoms with Crippen LogP contribution in [0.5, 0.6) is 0 Å². The molecule has 3 nitrogen and oxygen atoms in total. The van der Waals surface area contributed by atoms with Crippen LogP contribution in [-0.4, -0.2) is 15.4 Å². The lowest BCUT2D eigenvalue weighted by Gasteiger charge is -2.03. The second kappa shape index (κ2) is 6.28. The molecular formula is C18H18N2OS. The molecule has 0 saturated carbocycles. The highest BCUT2D eigenvalue weighted by atomic mass is 32.2. The van der Waals surface area contributed by atoms with Crippen LogP contribution in [0.4, 0.5) is 0 Å². The minimum absolute atomic E-state index is 0.00727. The van der Waals surface area contributed by atoms with Crippen molar-refractivity contribution in [2.75, 3.05) is 6.26 Å². The van der Waals surface area contributed by atoms with E-state index < -0.39 is 0 Å². The Balaban J connectivity index is 2.21. The fraction of sp³-hybridized carbons (Fsp3) is 0.167. The largest absolute Gasteiger partial charge is 0.333 e. The molecule has 0 fully saturated rings. The number of thioether (sulfide) groups is 1. The van der Waals surface area contributed by atoms with Gasteiger partial charge in [-0.1, -0.05) is 42.5 Å². The number of allylic oxidation sites excluding steroid dienone is 1. The number of aromatic nitrogens is 2. The standard InChI is InChI=1S/C18H18N2OS/c1-14(13-22-2)20-17-11-7-6-10-16(17)19(18(20)21)12-15-8-4-3-5-9-15/h3-11,13H,12H2,1-2H3/b14-13+. The van der Waals surface area contributed by atoms with Crippen molar-refractivity contribution in [1.29, 1.82) is 0 Å². The van der Waals surface area contributed by atoms with Gasteiger partial charge in [-0.3, -0.25) is 9.13 Å². The molecular weight excluding hydrogens is 292 g/mol. The zero-order chi connectivity index (χ0) is 15.5. The molecule has 0 atom stereocenters. The number of benzene rings is 2. The topological polar surface area (TPSA) is 26.9 Å². The summed E-state index contributed by atoms with van der Waals surface area (Å²) in [6.45, 7) is 2.55. The summed E-state index contributed by atoms with van der Waals surface area (Å²) in [7, 11) is 0. The normalized spacial score (nSPS) is 12.0. The minimum Gasteiger partial charge on any atom is -0.287 e. The van der Waals surface area contributed by atoms with E-state index in [4.69, 9.17) is 0 Å². The molecule has 0 unspecified atom stereocenters. The minimum atomic E-state index is 0.00727. The first kappa shape index (κ1) is 14.7. The van der Waals surface area contributed by atoms with Gasteiger partial charge in [-0.15, -0.1) is 11.8 Å². The summed E-state index contributed by atoms with van der Waals surface area (Å²) in [5.41, 5.74) is 3.99. The van der Waals surface area contributed by atoms with E-state index in [2.05, 4.69) is 0 Å². The zero-order valence-corrected chi connectivity index (χ0v) is 13.5. The van der Waals surface area contributed by atoms with Crippen molar-refractivity contribution in [1.82, 2.24) is 9.13 Å². The van der Waals surface area contributed by atoms with Crippen LogP contribution in [0.25, 0.3) is 16.7 Å². The molecule has 3 rings (SSSR count). The molecule has 0 spiro atoms. The van der Waals surface area contributed by atoms with Crippen LogP contribution < -0.4 is 5.69 Å². The number of para-hydroxylation sites is 2. The number of imidazole rings is 1. The van der Waals surface area contributed by atoms with Gasteiger partial charge in [0, 0.05) is 5.70 Å². The van der Waals surface area contributed by atoms with E-state index in [1.54, 1.807) is 16.3 Å². The number of hydrogen-bond donors (Lipinski definition) is 0. The van der Waals surface area contributed by atoms with Gasteiger partial charge in [0.05, 0.1) is 17.6 Å². The molecule has 0 aliphatic carbocycles. The molecule has 0 aliphatic rings. The Kier molecular flexibility index (Phi) is 4.20. The molecule has 22 heavy (non-hydrogen) atoms. The van der Waals surface area contributed by atoms with Gasteiger partial charge >= 0.3 is 5.69 Å². The van der Waals surface area contributed by atoms with Crippen LogP contribution >= 0.6 is 11.8 Å². The maximum absolute atomic E-state index is 12.9. The van der Waals surface area contributed by atoms with Crippen molar-refractivity contribution in [2.24, 2.45) is 0 Å². The molecule has 4 heteroatoms. The predicted molar refractivity (Wildman–Crippen MR) is 95.2 cm³/mol. The van der Waals surface area contributed by atoms with Crippen LogP contribution in [-0.2, 0) is 6.54 Å².